The summed E-state index contributed by atoms with van der Waals surface area (Å²) in [7, 11) is 1.68. The molecule has 0 heterocycles. The van der Waals surface area contributed by atoms with Gasteiger partial charge in [-0.15, -0.1) is 0 Å². The number of hydrogen-bond acceptors (Lipinski definition) is 3. The van der Waals surface area contributed by atoms with Crippen LogP contribution in [0.3, 0.4) is 0 Å². The Kier molecular flexibility index (Phi) is 6.15. The lowest BCUT2D eigenvalue weighted by Crippen LogP contribution is -2.21. The monoisotopic (exact) mass is 365 g/mol. The standard InChI is InChI=1S/C17H20BrNOS/c1-3-14(19)10-12-4-5-13(18)11-17(12)21-16-8-6-15(20-2)7-9-16/h4-9,11,14H,3,10,19H2,1-2H3. The molecule has 2 aromatic carbocycles. The van der Waals surface area contributed by atoms with Crippen LogP contribution in [0.1, 0.15) is 18.9 Å². The highest BCUT2D eigenvalue weighted by Crippen LogP contribution is 2.34. The van der Waals surface area contributed by atoms with Crippen LogP contribution in [0.2, 0.25) is 0 Å². The van der Waals surface area contributed by atoms with E-state index in [0.29, 0.717) is 0 Å². The summed E-state index contributed by atoms with van der Waals surface area (Å²) in [5, 5.41) is 0. The fraction of sp³-hybridized carbons (Fsp3) is 0.294. The van der Waals surface area contributed by atoms with Crippen LogP contribution in [0.5, 0.6) is 5.75 Å². The summed E-state index contributed by atoms with van der Waals surface area (Å²) < 4.78 is 6.29. The molecular formula is C17H20BrNOS. The number of nitrogens with two attached hydrogens (primary N) is 1. The van der Waals surface area contributed by atoms with E-state index in [2.05, 4.69) is 53.2 Å². The first-order chi connectivity index (χ1) is 10.1. The van der Waals surface area contributed by atoms with E-state index in [-0.39, 0.29) is 6.04 Å². The van der Waals surface area contributed by atoms with Crippen LogP contribution >= 0.6 is 27.7 Å². The molecule has 2 N–H and O–H groups in total. The van der Waals surface area contributed by atoms with Gasteiger partial charge < -0.3 is 10.5 Å². The van der Waals surface area contributed by atoms with Gasteiger partial charge in [0.25, 0.3) is 0 Å². The quantitative estimate of drug-likeness (QED) is 0.791. The third-order valence-corrected chi connectivity index (χ3v) is 4.92. The lowest BCUT2D eigenvalue weighted by molar-refractivity contribution is 0.414. The summed E-state index contributed by atoms with van der Waals surface area (Å²) in [6.07, 6.45) is 1.89. The van der Waals surface area contributed by atoms with E-state index in [9.17, 15) is 0 Å². The molecule has 0 saturated heterocycles. The summed E-state index contributed by atoms with van der Waals surface area (Å²) in [5.41, 5.74) is 7.41. The van der Waals surface area contributed by atoms with Gasteiger partial charge >= 0.3 is 0 Å². The molecule has 112 valence electrons. The van der Waals surface area contributed by atoms with Crippen molar-refractivity contribution in [2.45, 2.75) is 35.6 Å². The van der Waals surface area contributed by atoms with Crippen molar-refractivity contribution in [3.63, 3.8) is 0 Å². The molecule has 2 nitrogen and oxygen atoms in total. The normalized spacial score (nSPS) is 12.2. The van der Waals surface area contributed by atoms with Crippen molar-refractivity contribution in [2.75, 3.05) is 7.11 Å². The molecule has 2 rings (SSSR count). The van der Waals surface area contributed by atoms with E-state index in [1.807, 2.05) is 12.1 Å². The van der Waals surface area contributed by atoms with Gasteiger partial charge in [0.2, 0.25) is 0 Å². The average molecular weight is 366 g/mol. The number of hydrogen-bond donors (Lipinski definition) is 1. The zero-order chi connectivity index (χ0) is 15.2. The first kappa shape index (κ1) is 16.4. The highest BCUT2D eigenvalue weighted by molar-refractivity contribution is 9.10. The molecule has 2 aromatic rings. The molecule has 0 amide bonds. The van der Waals surface area contributed by atoms with Gasteiger partial charge in [-0.2, -0.15) is 0 Å². The van der Waals surface area contributed by atoms with Crippen LogP contribution < -0.4 is 10.5 Å². The Morgan fingerprint density at radius 3 is 2.52 bits per heavy atom. The third kappa shape index (κ3) is 4.77. The Bertz CT molecular complexity index is 586. The molecule has 0 aliphatic heterocycles. The van der Waals surface area contributed by atoms with Gasteiger partial charge in [0, 0.05) is 20.3 Å². The third-order valence-electron chi connectivity index (χ3n) is 3.32. The van der Waals surface area contributed by atoms with Gasteiger partial charge in [0.1, 0.15) is 5.75 Å². The minimum atomic E-state index is 0.210. The van der Waals surface area contributed by atoms with Crippen molar-refractivity contribution in [1.82, 2.24) is 0 Å². The zero-order valence-electron chi connectivity index (χ0n) is 12.3. The minimum Gasteiger partial charge on any atom is -0.497 e. The second kappa shape index (κ2) is 7.87. The van der Waals surface area contributed by atoms with E-state index in [4.69, 9.17) is 10.5 Å². The first-order valence-electron chi connectivity index (χ1n) is 6.98. The number of benzene rings is 2. The van der Waals surface area contributed by atoms with E-state index < -0.39 is 0 Å². The lowest BCUT2D eigenvalue weighted by Gasteiger charge is -2.14. The molecule has 0 aliphatic carbocycles. The Morgan fingerprint density at radius 2 is 1.90 bits per heavy atom. The first-order valence-corrected chi connectivity index (χ1v) is 8.59. The summed E-state index contributed by atoms with van der Waals surface area (Å²) in [4.78, 5) is 2.44. The smallest absolute Gasteiger partial charge is 0.118 e. The van der Waals surface area contributed by atoms with Gasteiger partial charge in [-0.1, -0.05) is 40.7 Å². The van der Waals surface area contributed by atoms with Crippen molar-refractivity contribution < 1.29 is 4.74 Å². The Labute approximate surface area is 139 Å². The Hall–Kier alpha value is -0.970. The number of halogens is 1. The van der Waals surface area contributed by atoms with Crippen molar-refractivity contribution in [1.29, 1.82) is 0 Å². The molecule has 0 aromatic heterocycles. The number of ether oxygens (including phenoxy) is 1. The highest BCUT2D eigenvalue weighted by atomic mass is 79.9. The van der Waals surface area contributed by atoms with Gasteiger partial charge in [0.05, 0.1) is 7.11 Å². The fourth-order valence-electron chi connectivity index (χ4n) is 1.99. The summed E-state index contributed by atoms with van der Waals surface area (Å²) in [6, 6.07) is 14.7. The fourth-order valence-corrected chi connectivity index (χ4v) is 3.50. The second-order valence-corrected chi connectivity index (χ2v) is 6.93. The Balaban J connectivity index is 2.22. The molecule has 4 heteroatoms. The molecule has 0 spiro atoms. The van der Waals surface area contributed by atoms with Crippen molar-refractivity contribution in [3.8, 4) is 5.75 Å². The van der Waals surface area contributed by atoms with E-state index >= 15 is 0 Å². The van der Waals surface area contributed by atoms with E-state index in [1.165, 1.54) is 15.4 Å². The van der Waals surface area contributed by atoms with Crippen LogP contribution in [0.15, 0.2) is 56.7 Å². The summed E-state index contributed by atoms with van der Waals surface area (Å²) in [6.45, 7) is 2.12. The van der Waals surface area contributed by atoms with Crippen LogP contribution in [-0.2, 0) is 6.42 Å². The van der Waals surface area contributed by atoms with Crippen LogP contribution in [0.25, 0.3) is 0 Å². The number of methoxy groups -OCH3 is 1. The molecule has 1 atom stereocenters. The van der Waals surface area contributed by atoms with Crippen molar-refractivity contribution >= 4 is 27.7 Å². The van der Waals surface area contributed by atoms with E-state index in [0.717, 1.165) is 23.1 Å². The van der Waals surface area contributed by atoms with Crippen molar-refractivity contribution in [3.05, 3.63) is 52.5 Å². The maximum Gasteiger partial charge on any atom is 0.118 e. The molecule has 21 heavy (non-hydrogen) atoms. The summed E-state index contributed by atoms with van der Waals surface area (Å²) in [5.74, 6) is 0.877. The maximum atomic E-state index is 6.11. The van der Waals surface area contributed by atoms with E-state index in [1.54, 1.807) is 18.9 Å². The molecule has 0 fully saturated rings. The predicted molar refractivity (Wildman–Crippen MR) is 93.2 cm³/mol. The predicted octanol–water partition coefficient (Wildman–Crippen LogP) is 4.89. The molecule has 0 saturated carbocycles. The molecule has 0 aliphatic rings. The molecule has 0 radical (unpaired) electrons. The molecule has 0 bridgehead atoms. The number of rotatable bonds is 6. The maximum absolute atomic E-state index is 6.11. The van der Waals surface area contributed by atoms with Gasteiger partial charge in [-0.25, -0.2) is 0 Å². The molecular weight excluding hydrogens is 346 g/mol. The summed E-state index contributed by atoms with van der Waals surface area (Å²) >= 11 is 5.31. The van der Waals surface area contributed by atoms with Gasteiger partial charge in [-0.05, 0) is 54.8 Å². The van der Waals surface area contributed by atoms with Gasteiger partial charge in [-0.3, -0.25) is 0 Å². The van der Waals surface area contributed by atoms with Crippen LogP contribution in [0.4, 0.5) is 0 Å². The van der Waals surface area contributed by atoms with Crippen LogP contribution in [-0.4, -0.2) is 13.2 Å². The minimum absolute atomic E-state index is 0.210. The van der Waals surface area contributed by atoms with Crippen molar-refractivity contribution in [2.24, 2.45) is 5.73 Å². The largest absolute Gasteiger partial charge is 0.497 e. The molecule has 1 unspecified atom stereocenters. The van der Waals surface area contributed by atoms with Crippen LogP contribution in [0, 0.1) is 0 Å². The second-order valence-electron chi connectivity index (χ2n) is 4.90. The Morgan fingerprint density at radius 1 is 1.19 bits per heavy atom. The average Bonchev–Trinajstić information content (AvgIpc) is 2.50. The lowest BCUT2D eigenvalue weighted by atomic mass is 10.1. The SMILES string of the molecule is CCC(N)Cc1ccc(Br)cc1Sc1ccc(OC)cc1. The zero-order valence-corrected chi connectivity index (χ0v) is 14.7. The highest BCUT2D eigenvalue weighted by Gasteiger charge is 2.09. The topological polar surface area (TPSA) is 35.2 Å². The van der Waals surface area contributed by atoms with Gasteiger partial charge in [0.15, 0.2) is 0 Å².